The molecule has 0 amide bonds. The largest absolute Gasteiger partial charge is 0.573 e. The Morgan fingerprint density at radius 2 is 1.70 bits per heavy atom. The summed E-state index contributed by atoms with van der Waals surface area (Å²) in [5, 5.41) is 13.5. The second kappa shape index (κ2) is 8.04. The normalized spacial score (nSPS) is 16.9. The van der Waals surface area contributed by atoms with E-state index in [9.17, 15) is 22.7 Å². The maximum Gasteiger partial charge on any atom is 0.573 e. The van der Waals surface area contributed by atoms with E-state index < -0.39 is 24.0 Å². The molecule has 1 saturated heterocycles. The van der Waals surface area contributed by atoms with Gasteiger partial charge in [-0.05, 0) is 29.8 Å². The second-order valence-corrected chi connectivity index (χ2v) is 6.95. The summed E-state index contributed by atoms with van der Waals surface area (Å²) in [6.07, 6.45) is -4.77. The molecule has 0 aromatic heterocycles. The molecule has 9 heteroatoms. The molecule has 0 spiro atoms. The first-order chi connectivity index (χ1) is 12.8. The van der Waals surface area contributed by atoms with Crippen molar-refractivity contribution in [2.24, 2.45) is 0 Å². The van der Waals surface area contributed by atoms with Crippen LogP contribution in [0.25, 0.3) is 0 Å². The molecule has 2 aromatic rings. The summed E-state index contributed by atoms with van der Waals surface area (Å²) in [5.74, 6) is -1.58. The van der Waals surface area contributed by atoms with Crippen LogP contribution in [0, 0.1) is 5.82 Å². The summed E-state index contributed by atoms with van der Waals surface area (Å²) < 4.78 is 55.6. The van der Waals surface area contributed by atoms with Gasteiger partial charge in [0, 0.05) is 36.2 Å². The maximum absolute atomic E-state index is 14.0. The highest BCUT2D eigenvalue weighted by Crippen LogP contribution is 2.41. The monoisotopic (exact) mass is 448 g/mol. The lowest BCUT2D eigenvalue weighted by molar-refractivity contribution is -0.274. The van der Waals surface area contributed by atoms with Gasteiger partial charge in [-0.3, -0.25) is 4.90 Å². The van der Waals surface area contributed by atoms with Crippen LogP contribution in [0.1, 0.15) is 17.2 Å². The van der Waals surface area contributed by atoms with Crippen LogP contribution >= 0.6 is 15.9 Å². The van der Waals surface area contributed by atoms with Crippen LogP contribution < -0.4 is 10.1 Å². The standard InChI is InChI=1S/C18H17BrF4N2O2/c19-13-5-6-14(20)17(26)15(13)16(25-9-7-24-8-10-25)11-1-3-12(4-2-11)27-18(21,22)23/h1-6,16,24,26H,7-10H2/t16-/m1/s1. The Bertz CT molecular complexity index is 793. The van der Waals surface area contributed by atoms with E-state index in [1.807, 2.05) is 4.90 Å². The molecule has 0 saturated carbocycles. The van der Waals surface area contributed by atoms with Gasteiger partial charge in [-0.25, -0.2) is 4.39 Å². The van der Waals surface area contributed by atoms with E-state index in [1.54, 1.807) is 0 Å². The quantitative estimate of drug-likeness (QED) is 0.688. The van der Waals surface area contributed by atoms with Crippen molar-refractivity contribution in [1.29, 1.82) is 0 Å². The molecule has 0 unspecified atom stereocenters. The molecule has 0 bridgehead atoms. The number of piperazine rings is 1. The Kier molecular flexibility index (Phi) is 5.92. The number of aromatic hydroxyl groups is 1. The number of ether oxygens (including phenoxy) is 1. The van der Waals surface area contributed by atoms with Crippen molar-refractivity contribution in [2.75, 3.05) is 26.2 Å². The van der Waals surface area contributed by atoms with E-state index in [0.717, 1.165) is 6.07 Å². The number of phenolic OH excluding ortho intramolecular Hbond substituents is 1. The van der Waals surface area contributed by atoms with Crippen LogP contribution in [0.3, 0.4) is 0 Å². The zero-order valence-corrected chi connectivity index (χ0v) is 15.6. The van der Waals surface area contributed by atoms with Gasteiger partial charge in [-0.15, -0.1) is 13.2 Å². The molecular formula is C18H17BrF4N2O2. The summed E-state index contributed by atoms with van der Waals surface area (Å²) in [6, 6.07) is 7.52. The first kappa shape index (κ1) is 19.9. The fraction of sp³-hybridized carbons (Fsp3) is 0.333. The van der Waals surface area contributed by atoms with Crippen molar-refractivity contribution in [3.8, 4) is 11.5 Å². The van der Waals surface area contributed by atoms with E-state index in [4.69, 9.17) is 0 Å². The van der Waals surface area contributed by atoms with Crippen molar-refractivity contribution >= 4 is 15.9 Å². The summed E-state index contributed by atoms with van der Waals surface area (Å²) in [6.45, 7) is 2.68. The number of alkyl halides is 3. The van der Waals surface area contributed by atoms with Crippen LogP contribution in [-0.4, -0.2) is 42.5 Å². The molecule has 2 N–H and O–H groups in total. The molecule has 0 aliphatic carbocycles. The number of halogens is 5. The topological polar surface area (TPSA) is 44.7 Å². The molecule has 1 atom stereocenters. The van der Waals surface area contributed by atoms with E-state index in [2.05, 4.69) is 26.0 Å². The van der Waals surface area contributed by atoms with E-state index in [0.29, 0.717) is 41.8 Å². The van der Waals surface area contributed by atoms with E-state index in [-0.39, 0.29) is 5.75 Å². The highest BCUT2D eigenvalue weighted by molar-refractivity contribution is 9.10. The Labute approximate surface area is 161 Å². The van der Waals surface area contributed by atoms with Crippen LogP contribution in [-0.2, 0) is 0 Å². The molecule has 1 fully saturated rings. The first-order valence-corrected chi connectivity index (χ1v) is 9.03. The van der Waals surface area contributed by atoms with Crippen molar-refractivity contribution in [3.63, 3.8) is 0 Å². The fourth-order valence-electron chi connectivity index (χ4n) is 3.17. The third kappa shape index (κ3) is 4.72. The molecule has 146 valence electrons. The predicted molar refractivity (Wildman–Crippen MR) is 95.2 cm³/mol. The lowest BCUT2D eigenvalue weighted by atomic mass is 9.95. The molecule has 0 radical (unpaired) electrons. The van der Waals surface area contributed by atoms with Gasteiger partial charge < -0.3 is 15.2 Å². The van der Waals surface area contributed by atoms with Crippen LogP contribution in [0.4, 0.5) is 17.6 Å². The SMILES string of the molecule is Oc1c(F)ccc(Br)c1[C@@H](c1ccc(OC(F)(F)F)cc1)N1CCNCC1. The zero-order valence-electron chi connectivity index (χ0n) is 14.1. The van der Waals surface area contributed by atoms with Crippen LogP contribution in [0.5, 0.6) is 11.5 Å². The lowest BCUT2D eigenvalue weighted by Crippen LogP contribution is -2.45. The summed E-state index contributed by atoms with van der Waals surface area (Å²) >= 11 is 3.36. The van der Waals surface area contributed by atoms with Crippen molar-refractivity contribution in [3.05, 3.63) is 57.8 Å². The number of hydrogen-bond acceptors (Lipinski definition) is 4. The Morgan fingerprint density at radius 3 is 2.30 bits per heavy atom. The number of nitrogens with zero attached hydrogens (tertiary/aromatic N) is 1. The van der Waals surface area contributed by atoms with Crippen LogP contribution in [0.2, 0.25) is 0 Å². The van der Waals surface area contributed by atoms with Gasteiger partial charge in [0.1, 0.15) is 5.75 Å². The smallest absolute Gasteiger partial charge is 0.505 e. The van der Waals surface area contributed by atoms with Gasteiger partial charge >= 0.3 is 6.36 Å². The van der Waals surface area contributed by atoms with Gasteiger partial charge in [-0.2, -0.15) is 0 Å². The predicted octanol–water partition coefficient (Wildman–Crippen LogP) is 4.19. The number of nitrogens with one attached hydrogen (secondary N) is 1. The maximum atomic E-state index is 14.0. The Morgan fingerprint density at radius 1 is 1.07 bits per heavy atom. The summed E-state index contributed by atoms with van der Waals surface area (Å²) in [4.78, 5) is 2.04. The minimum atomic E-state index is -4.77. The van der Waals surface area contributed by atoms with Gasteiger partial charge in [-0.1, -0.05) is 28.1 Å². The fourth-order valence-corrected chi connectivity index (χ4v) is 3.71. The average molecular weight is 449 g/mol. The highest BCUT2D eigenvalue weighted by Gasteiger charge is 2.32. The molecule has 2 aromatic carbocycles. The molecule has 3 rings (SSSR count). The van der Waals surface area contributed by atoms with Crippen molar-refractivity contribution < 1.29 is 27.4 Å². The van der Waals surface area contributed by atoms with E-state index >= 15 is 0 Å². The number of hydrogen-bond donors (Lipinski definition) is 2. The van der Waals surface area contributed by atoms with Gasteiger partial charge in [0.15, 0.2) is 11.6 Å². The van der Waals surface area contributed by atoms with Crippen molar-refractivity contribution in [2.45, 2.75) is 12.4 Å². The third-order valence-corrected chi connectivity index (χ3v) is 5.03. The zero-order chi connectivity index (χ0) is 19.6. The Hall–Kier alpha value is -1.84. The average Bonchev–Trinajstić information content (AvgIpc) is 2.62. The molecule has 1 aliphatic rings. The van der Waals surface area contributed by atoms with Crippen molar-refractivity contribution in [1.82, 2.24) is 10.2 Å². The molecule has 1 aliphatic heterocycles. The van der Waals surface area contributed by atoms with Gasteiger partial charge in [0.2, 0.25) is 0 Å². The van der Waals surface area contributed by atoms with Gasteiger partial charge in [0.25, 0.3) is 0 Å². The molecule has 1 heterocycles. The highest BCUT2D eigenvalue weighted by atomic mass is 79.9. The first-order valence-electron chi connectivity index (χ1n) is 8.23. The number of benzene rings is 2. The third-order valence-electron chi connectivity index (χ3n) is 4.33. The molecule has 4 nitrogen and oxygen atoms in total. The molecular weight excluding hydrogens is 432 g/mol. The summed E-state index contributed by atoms with van der Waals surface area (Å²) in [7, 11) is 0. The second-order valence-electron chi connectivity index (χ2n) is 6.10. The minimum Gasteiger partial charge on any atom is -0.505 e. The minimum absolute atomic E-state index is 0.335. The summed E-state index contributed by atoms with van der Waals surface area (Å²) in [5.41, 5.74) is 0.953. The van der Waals surface area contributed by atoms with Gasteiger partial charge in [0.05, 0.1) is 6.04 Å². The number of phenols is 1. The number of rotatable bonds is 4. The molecule has 27 heavy (non-hydrogen) atoms. The Balaban J connectivity index is 2.02. The van der Waals surface area contributed by atoms with Crippen LogP contribution in [0.15, 0.2) is 40.9 Å². The lowest BCUT2D eigenvalue weighted by Gasteiger charge is -2.36. The van der Waals surface area contributed by atoms with E-state index in [1.165, 1.54) is 30.3 Å².